The lowest BCUT2D eigenvalue weighted by Crippen LogP contribution is -2.21. The van der Waals surface area contributed by atoms with E-state index < -0.39 is 0 Å². The van der Waals surface area contributed by atoms with Crippen LogP contribution in [-0.2, 0) is 6.54 Å². The average Bonchev–Trinajstić information content (AvgIpc) is 3.04. The molecule has 0 bridgehead atoms. The van der Waals surface area contributed by atoms with Gasteiger partial charge in [-0.1, -0.05) is 0 Å². The first-order valence-corrected chi connectivity index (χ1v) is 7.37. The lowest BCUT2D eigenvalue weighted by Gasteiger charge is -1.99. The van der Waals surface area contributed by atoms with Crippen LogP contribution in [0.3, 0.4) is 0 Å². The number of aromatic nitrogens is 1. The summed E-state index contributed by atoms with van der Waals surface area (Å²) >= 11 is 2.99. The summed E-state index contributed by atoms with van der Waals surface area (Å²) in [5, 5.41) is 6.66. The van der Waals surface area contributed by atoms with Gasteiger partial charge in [-0.25, -0.2) is 4.98 Å². The van der Waals surface area contributed by atoms with E-state index in [1.165, 1.54) is 22.7 Å². The lowest BCUT2D eigenvalue weighted by atomic mass is 10.2. The van der Waals surface area contributed by atoms with Gasteiger partial charge in [-0.3, -0.25) is 4.79 Å². The Labute approximate surface area is 117 Å². The molecular formula is C13H11N3OS2. The summed E-state index contributed by atoms with van der Waals surface area (Å²) < 4.78 is 1.06. The Morgan fingerprint density at radius 3 is 3.05 bits per heavy atom. The molecule has 0 spiro atoms. The quantitative estimate of drug-likeness (QED) is 0.728. The number of hydrogen-bond acceptors (Lipinski definition) is 5. The first kappa shape index (κ1) is 12.1. The normalized spacial score (nSPS) is 10.7. The van der Waals surface area contributed by atoms with Crippen LogP contribution in [0.25, 0.3) is 10.1 Å². The van der Waals surface area contributed by atoms with Gasteiger partial charge in [0, 0.05) is 22.0 Å². The standard InChI is InChI=1S/C13H11N3OS2/c14-9-1-2-10-8(5-9)6-11(19-10)13(17)16-7-12-15-3-4-18-12/h1-6H,7,14H2,(H,16,17). The molecule has 3 N–H and O–H groups in total. The van der Waals surface area contributed by atoms with Crippen LogP contribution in [0.2, 0.25) is 0 Å². The molecule has 0 aliphatic rings. The molecule has 0 saturated heterocycles. The van der Waals surface area contributed by atoms with E-state index in [9.17, 15) is 4.79 Å². The predicted molar refractivity (Wildman–Crippen MR) is 79.5 cm³/mol. The minimum atomic E-state index is -0.0741. The van der Waals surface area contributed by atoms with Crippen molar-refractivity contribution in [2.75, 3.05) is 5.73 Å². The lowest BCUT2D eigenvalue weighted by molar-refractivity contribution is 0.0955. The number of hydrogen-bond donors (Lipinski definition) is 2. The zero-order valence-electron chi connectivity index (χ0n) is 9.92. The number of nitrogens with two attached hydrogens (primary N) is 1. The van der Waals surface area contributed by atoms with E-state index in [1.807, 2.05) is 29.6 Å². The van der Waals surface area contributed by atoms with Gasteiger partial charge in [0.2, 0.25) is 0 Å². The summed E-state index contributed by atoms with van der Waals surface area (Å²) in [5.41, 5.74) is 6.44. The highest BCUT2D eigenvalue weighted by Gasteiger charge is 2.10. The molecule has 0 radical (unpaired) electrons. The third-order valence-corrected chi connectivity index (χ3v) is 4.54. The van der Waals surface area contributed by atoms with Gasteiger partial charge in [0.15, 0.2) is 0 Å². The van der Waals surface area contributed by atoms with E-state index in [0.29, 0.717) is 17.1 Å². The van der Waals surface area contributed by atoms with Gasteiger partial charge in [-0.15, -0.1) is 22.7 Å². The molecule has 0 atom stereocenters. The van der Waals surface area contributed by atoms with Crippen LogP contribution in [0.15, 0.2) is 35.8 Å². The van der Waals surface area contributed by atoms with Crippen LogP contribution >= 0.6 is 22.7 Å². The van der Waals surface area contributed by atoms with Gasteiger partial charge in [-0.2, -0.15) is 0 Å². The molecule has 96 valence electrons. The second kappa shape index (κ2) is 4.99. The maximum atomic E-state index is 12.0. The van der Waals surface area contributed by atoms with E-state index in [2.05, 4.69) is 10.3 Å². The van der Waals surface area contributed by atoms with Crippen molar-refractivity contribution in [2.45, 2.75) is 6.54 Å². The molecule has 0 aliphatic carbocycles. The summed E-state index contributed by atoms with van der Waals surface area (Å²) in [4.78, 5) is 16.9. The number of anilines is 1. The van der Waals surface area contributed by atoms with Gasteiger partial charge in [-0.05, 0) is 29.7 Å². The van der Waals surface area contributed by atoms with Crippen molar-refractivity contribution < 1.29 is 4.79 Å². The smallest absolute Gasteiger partial charge is 0.261 e. The summed E-state index contributed by atoms with van der Waals surface area (Å²) in [5.74, 6) is -0.0741. The summed E-state index contributed by atoms with van der Waals surface area (Å²) in [6.45, 7) is 0.465. The maximum Gasteiger partial charge on any atom is 0.261 e. The first-order chi connectivity index (χ1) is 9.22. The van der Waals surface area contributed by atoms with Crippen molar-refractivity contribution in [3.05, 3.63) is 45.7 Å². The number of nitrogens with one attached hydrogen (secondary N) is 1. The van der Waals surface area contributed by atoms with Gasteiger partial charge < -0.3 is 11.1 Å². The number of carbonyl (C=O) groups excluding carboxylic acids is 1. The van der Waals surface area contributed by atoms with Crippen LogP contribution in [0.4, 0.5) is 5.69 Å². The number of rotatable bonds is 3. The molecule has 1 aromatic carbocycles. The summed E-state index contributed by atoms with van der Waals surface area (Å²) in [6, 6.07) is 7.53. The van der Waals surface area contributed by atoms with E-state index in [4.69, 9.17) is 5.73 Å². The van der Waals surface area contributed by atoms with Crippen molar-refractivity contribution in [1.82, 2.24) is 10.3 Å². The van der Waals surface area contributed by atoms with Crippen molar-refractivity contribution in [1.29, 1.82) is 0 Å². The molecule has 19 heavy (non-hydrogen) atoms. The number of amides is 1. The minimum absolute atomic E-state index is 0.0741. The van der Waals surface area contributed by atoms with E-state index >= 15 is 0 Å². The van der Waals surface area contributed by atoms with Gasteiger partial charge in [0.05, 0.1) is 11.4 Å². The topological polar surface area (TPSA) is 68.0 Å². The second-order valence-corrected chi connectivity index (χ2v) is 6.08. The molecule has 2 heterocycles. The molecule has 0 aliphatic heterocycles. The number of nitrogen functional groups attached to an aromatic ring is 1. The third-order valence-electron chi connectivity index (χ3n) is 2.65. The Hall–Kier alpha value is -1.92. The van der Waals surface area contributed by atoms with Crippen molar-refractivity contribution >= 4 is 44.4 Å². The number of thiazole rings is 1. The minimum Gasteiger partial charge on any atom is -0.399 e. The van der Waals surface area contributed by atoms with E-state index in [0.717, 1.165) is 15.1 Å². The summed E-state index contributed by atoms with van der Waals surface area (Å²) in [6.07, 6.45) is 1.73. The second-order valence-electron chi connectivity index (χ2n) is 4.02. The summed E-state index contributed by atoms with van der Waals surface area (Å²) in [7, 11) is 0. The molecule has 6 heteroatoms. The molecule has 0 unspecified atom stereocenters. The molecule has 3 aromatic rings. The Balaban J connectivity index is 1.77. The Morgan fingerprint density at radius 2 is 2.26 bits per heavy atom. The fourth-order valence-electron chi connectivity index (χ4n) is 1.76. The predicted octanol–water partition coefficient (Wildman–Crippen LogP) is 2.87. The van der Waals surface area contributed by atoms with Crippen LogP contribution in [-0.4, -0.2) is 10.9 Å². The highest BCUT2D eigenvalue weighted by molar-refractivity contribution is 7.20. The zero-order chi connectivity index (χ0) is 13.2. The van der Waals surface area contributed by atoms with Gasteiger partial charge >= 0.3 is 0 Å². The fraction of sp³-hybridized carbons (Fsp3) is 0.0769. The molecule has 3 rings (SSSR count). The zero-order valence-corrected chi connectivity index (χ0v) is 11.6. The number of carbonyl (C=O) groups is 1. The number of nitrogens with zero attached hydrogens (tertiary/aromatic N) is 1. The van der Waals surface area contributed by atoms with Crippen LogP contribution in [0, 0.1) is 0 Å². The Kier molecular flexibility index (Phi) is 3.18. The van der Waals surface area contributed by atoms with Crippen molar-refractivity contribution in [3.8, 4) is 0 Å². The highest BCUT2D eigenvalue weighted by Crippen LogP contribution is 2.27. The molecule has 1 amide bonds. The number of fused-ring (bicyclic) bond motifs is 1. The van der Waals surface area contributed by atoms with Crippen LogP contribution in [0.5, 0.6) is 0 Å². The largest absolute Gasteiger partial charge is 0.399 e. The monoisotopic (exact) mass is 289 g/mol. The SMILES string of the molecule is Nc1ccc2sc(C(=O)NCc3nccs3)cc2c1. The molecule has 2 aromatic heterocycles. The molecule has 0 saturated carbocycles. The van der Waals surface area contributed by atoms with Crippen molar-refractivity contribution in [2.24, 2.45) is 0 Å². The highest BCUT2D eigenvalue weighted by atomic mass is 32.1. The third kappa shape index (κ3) is 2.59. The maximum absolute atomic E-state index is 12.0. The van der Waals surface area contributed by atoms with E-state index in [1.54, 1.807) is 6.20 Å². The van der Waals surface area contributed by atoms with E-state index in [-0.39, 0.29) is 5.91 Å². The Morgan fingerprint density at radius 1 is 1.37 bits per heavy atom. The van der Waals surface area contributed by atoms with Gasteiger partial charge in [0.1, 0.15) is 5.01 Å². The average molecular weight is 289 g/mol. The number of thiophene rings is 1. The van der Waals surface area contributed by atoms with Crippen molar-refractivity contribution in [3.63, 3.8) is 0 Å². The Bertz CT molecular complexity index is 719. The van der Waals surface area contributed by atoms with Crippen LogP contribution < -0.4 is 11.1 Å². The molecular weight excluding hydrogens is 278 g/mol. The molecule has 0 fully saturated rings. The number of benzene rings is 1. The fourth-order valence-corrected chi connectivity index (χ4v) is 3.27. The molecule has 4 nitrogen and oxygen atoms in total. The van der Waals surface area contributed by atoms with Gasteiger partial charge in [0.25, 0.3) is 5.91 Å². The first-order valence-electron chi connectivity index (χ1n) is 5.68. The van der Waals surface area contributed by atoms with Crippen LogP contribution in [0.1, 0.15) is 14.7 Å².